The van der Waals surface area contributed by atoms with Crippen molar-refractivity contribution >= 4 is 51.4 Å². The van der Waals surface area contributed by atoms with Gasteiger partial charge in [-0.2, -0.15) is 0 Å². The highest BCUT2D eigenvalue weighted by Gasteiger charge is 2.40. The molecule has 1 aromatic heterocycles. The van der Waals surface area contributed by atoms with Gasteiger partial charge in [0.25, 0.3) is 5.91 Å². The fraction of sp³-hybridized carbons (Fsp3) is 0.421. The van der Waals surface area contributed by atoms with Crippen molar-refractivity contribution in [2.45, 2.75) is 46.2 Å². The van der Waals surface area contributed by atoms with Crippen molar-refractivity contribution < 1.29 is 9.59 Å². The number of nitrogens with one attached hydrogen (secondary N) is 1. The average molecular weight is 481 g/mol. The highest BCUT2D eigenvalue weighted by atomic mass is 127. The Labute approximate surface area is 170 Å². The highest BCUT2D eigenvalue weighted by molar-refractivity contribution is 14.1. The molecule has 2 aromatic rings. The van der Waals surface area contributed by atoms with Crippen LogP contribution in [0.3, 0.4) is 0 Å². The van der Waals surface area contributed by atoms with Crippen molar-refractivity contribution in [3.8, 4) is 10.4 Å². The molecule has 0 saturated heterocycles. The second-order valence-electron chi connectivity index (χ2n) is 7.13. The van der Waals surface area contributed by atoms with E-state index in [1.165, 1.54) is 19.8 Å². The van der Waals surface area contributed by atoms with Crippen LogP contribution in [0.5, 0.6) is 0 Å². The van der Waals surface area contributed by atoms with Gasteiger partial charge in [-0.05, 0) is 78.5 Å². The minimum atomic E-state index is -0.165. The molecule has 2 amide bonds. The molecule has 7 heteroatoms. The van der Waals surface area contributed by atoms with Gasteiger partial charge in [-0.15, -0.1) is 11.3 Å². The number of carbonyl (C=O) groups is 2. The number of carbonyl (C=O) groups excluding carboxylic acids is 2. The molecule has 1 saturated carbocycles. The number of halogens is 1. The monoisotopic (exact) mass is 481 g/mol. The molecule has 136 valence electrons. The lowest BCUT2D eigenvalue weighted by atomic mass is 10.0. The number of aryl methyl sites for hydroxylation is 1. The van der Waals surface area contributed by atoms with E-state index >= 15 is 0 Å². The Morgan fingerprint density at radius 3 is 2.73 bits per heavy atom. The van der Waals surface area contributed by atoms with Crippen molar-refractivity contribution in [2.75, 3.05) is 5.32 Å². The Hall–Kier alpha value is -1.48. The molecule has 2 heterocycles. The summed E-state index contributed by atoms with van der Waals surface area (Å²) in [6.07, 6.45) is 2.40. The van der Waals surface area contributed by atoms with Crippen LogP contribution in [0.2, 0.25) is 0 Å². The Kier molecular flexibility index (Phi) is 4.54. The van der Waals surface area contributed by atoms with E-state index in [0.717, 1.165) is 24.7 Å². The summed E-state index contributed by atoms with van der Waals surface area (Å²) in [5.41, 5.74) is 4.24. The van der Waals surface area contributed by atoms with Gasteiger partial charge >= 0.3 is 0 Å². The summed E-state index contributed by atoms with van der Waals surface area (Å²) < 4.78 is 0.983. The van der Waals surface area contributed by atoms with Gasteiger partial charge < -0.3 is 10.2 Å². The van der Waals surface area contributed by atoms with E-state index in [0.29, 0.717) is 23.7 Å². The molecule has 1 fully saturated rings. The molecule has 1 atom stereocenters. The molecule has 4 rings (SSSR count). The van der Waals surface area contributed by atoms with Crippen molar-refractivity contribution in [1.29, 1.82) is 0 Å². The van der Waals surface area contributed by atoms with Crippen LogP contribution in [0.25, 0.3) is 10.4 Å². The first-order valence-electron chi connectivity index (χ1n) is 8.74. The number of benzene rings is 1. The van der Waals surface area contributed by atoms with Crippen LogP contribution < -0.4 is 5.32 Å². The number of anilines is 1. The van der Waals surface area contributed by atoms with E-state index in [4.69, 9.17) is 0 Å². The van der Waals surface area contributed by atoms with Gasteiger partial charge in [-0.1, -0.05) is 0 Å². The summed E-state index contributed by atoms with van der Waals surface area (Å²) in [6.45, 7) is 6.22. The molecule has 0 unspecified atom stereocenters. The molecule has 0 radical (unpaired) electrons. The van der Waals surface area contributed by atoms with Crippen molar-refractivity contribution in [3.63, 3.8) is 0 Å². The van der Waals surface area contributed by atoms with Crippen LogP contribution >= 0.6 is 33.9 Å². The average Bonchev–Trinajstić information content (AvgIpc) is 3.28. The van der Waals surface area contributed by atoms with Crippen LogP contribution in [-0.2, 0) is 11.3 Å². The lowest BCUT2D eigenvalue weighted by Crippen LogP contribution is -2.34. The standard InChI is InChI=1S/C19H20IN3O2S/c1-9-17(26-19(20)21-9)13-6-14-8-23(10(2)12-4-5-12)18(25)16(14)15(7-13)22-11(3)24/h6-7,10,12H,4-5,8H2,1-3H3,(H,22,24)/t10-/m0/s1. The Balaban J connectivity index is 1.80. The van der Waals surface area contributed by atoms with Gasteiger partial charge in [-0.25, -0.2) is 4.98 Å². The maximum atomic E-state index is 13.1. The third-order valence-corrected chi connectivity index (χ3v) is 7.07. The van der Waals surface area contributed by atoms with E-state index < -0.39 is 0 Å². The third-order valence-electron chi connectivity index (χ3n) is 5.17. The smallest absolute Gasteiger partial charge is 0.256 e. The Bertz CT molecular complexity index is 920. The van der Waals surface area contributed by atoms with Crippen LogP contribution in [-0.4, -0.2) is 27.7 Å². The zero-order chi connectivity index (χ0) is 18.6. The van der Waals surface area contributed by atoms with E-state index in [1.54, 1.807) is 11.3 Å². The number of nitrogens with zero attached hydrogens (tertiary/aromatic N) is 2. The number of aromatic nitrogens is 1. The van der Waals surface area contributed by atoms with E-state index in [1.807, 2.05) is 17.9 Å². The summed E-state index contributed by atoms with van der Waals surface area (Å²) in [7, 11) is 0. The molecule has 0 bridgehead atoms. The SMILES string of the molecule is CC(=O)Nc1cc(-c2sc(I)nc2C)cc2c1C(=O)N([C@@H](C)C1CC1)C2. The van der Waals surface area contributed by atoms with Gasteiger partial charge in [0, 0.05) is 19.5 Å². The predicted octanol–water partition coefficient (Wildman–Crippen LogP) is 4.44. The highest BCUT2D eigenvalue weighted by Crippen LogP contribution is 2.42. The molecule has 26 heavy (non-hydrogen) atoms. The normalized spacial score (nSPS) is 17.4. The lowest BCUT2D eigenvalue weighted by Gasteiger charge is -2.24. The number of rotatable bonds is 4. The zero-order valence-electron chi connectivity index (χ0n) is 14.9. The summed E-state index contributed by atoms with van der Waals surface area (Å²) in [5.74, 6) is 0.481. The Morgan fingerprint density at radius 2 is 2.15 bits per heavy atom. The minimum absolute atomic E-state index is 0.0327. The molecule has 1 aromatic carbocycles. The molecule has 1 N–H and O–H groups in total. The van der Waals surface area contributed by atoms with Gasteiger partial charge in [0.15, 0.2) is 3.01 Å². The summed E-state index contributed by atoms with van der Waals surface area (Å²) in [5, 5.41) is 2.87. The van der Waals surface area contributed by atoms with Gasteiger partial charge in [0.1, 0.15) is 0 Å². The van der Waals surface area contributed by atoms with Gasteiger partial charge in [-0.3, -0.25) is 9.59 Å². The molecular formula is C19H20IN3O2S. The van der Waals surface area contributed by atoms with Crippen molar-refractivity contribution in [2.24, 2.45) is 5.92 Å². The number of thiazole rings is 1. The number of hydrogen-bond acceptors (Lipinski definition) is 4. The zero-order valence-corrected chi connectivity index (χ0v) is 17.9. The van der Waals surface area contributed by atoms with E-state index in [2.05, 4.69) is 45.9 Å². The molecule has 5 nitrogen and oxygen atoms in total. The molecule has 1 aliphatic heterocycles. The minimum Gasteiger partial charge on any atom is -0.331 e. The largest absolute Gasteiger partial charge is 0.331 e. The first kappa shape index (κ1) is 17.9. The number of fused-ring (bicyclic) bond motifs is 1. The molecule has 0 spiro atoms. The molecular weight excluding hydrogens is 461 g/mol. The van der Waals surface area contributed by atoms with Crippen LogP contribution in [0.4, 0.5) is 5.69 Å². The number of amides is 2. The second kappa shape index (κ2) is 6.60. The lowest BCUT2D eigenvalue weighted by molar-refractivity contribution is -0.114. The van der Waals surface area contributed by atoms with Gasteiger partial charge in [0.05, 0.1) is 21.8 Å². The van der Waals surface area contributed by atoms with Crippen molar-refractivity contribution in [3.05, 3.63) is 32.0 Å². The quantitative estimate of drug-likeness (QED) is 0.658. The summed E-state index contributed by atoms with van der Waals surface area (Å²) in [4.78, 5) is 32.3. The van der Waals surface area contributed by atoms with E-state index in [-0.39, 0.29) is 17.9 Å². The second-order valence-corrected chi connectivity index (χ2v) is 9.88. The fourth-order valence-corrected chi connectivity index (χ4v) is 5.49. The summed E-state index contributed by atoms with van der Waals surface area (Å²) in [6, 6.07) is 4.25. The summed E-state index contributed by atoms with van der Waals surface area (Å²) >= 11 is 3.85. The van der Waals surface area contributed by atoms with Crippen molar-refractivity contribution in [1.82, 2.24) is 9.88 Å². The van der Waals surface area contributed by atoms with Gasteiger partial charge in [0.2, 0.25) is 5.91 Å². The topological polar surface area (TPSA) is 62.3 Å². The predicted molar refractivity (Wildman–Crippen MR) is 111 cm³/mol. The third kappa shape index (κ3) is 3.15. The van der Waals surface area contributed by atoms with Crippen LogP contribution in [0.1, 0.15) is 48.3 Å². The van der Waals surface area contributed by atoms with Crippen LogP contribution in [0.15, 0.2) is 12.1 Å². The first-order chi connectivity index (χ1) is 12.3. The number of hydrogen-bond donors (Lipinski definition) is 1. The molecule has 1 aliphatic carbocycles. The molecule has 2 aliphatic rings. The fourth-order valence-electron chi connectivity index (χ4n) is 3.69. The van der Waals surface area contributed by atoms with E-state index in [9.17, 15) is 9.59 Å². The maximum Gasteiger partial charge on any atom is 0.256 e. The Morgan fingerprint density at radius 1 is 1.42 bits per heavy atom. The first-order valence-corrected chi connectivity index (χ1v) is 10.6. The van der Waals surface area contributed by atoms with Crippen LogP contribution in [0, 0.1) is 15.9 Å². The maximum absolute atomic E-state index is 13.1.